The van der Waals surface area contributed by atoms with Gasteiger partial charge in [0.2, 0.25) is 0 Å². The Hall–Kier alpha value is -0.890. The highest BCUT2D eigenvalue weighted by Gasteiger charge is 2.28. The zero-order valence-electron chi connectivity index (χ0n) is 12.0. The minimum atomic E-state index is -0.166. The quantitative estimate of drug-likeness (QED) is 0.800. The lowest BCUT2D eigenvalue weighted by molar-refractivity contribution is 0.193. The van der Waals surface area contributed by atoms with Crippen LogP contribution < -0.4 is 5.73 Å². The lowest BCUT2D eigenvalue weighted by atomic mass is 9.72. The first-order chi connectivity index (χ1) is 8.40. The lowest BCUT2D eigenvalue weighted by Crippen LogP contribution is -2.32. The van der Waals surface area contributed by atoms with E-state index in [1.807, 2.05) is 12.1 Å². The molecule has 18 heavy (non-hydrogen) atoms. The minimum Gasteiger partial charge on any atom is -0.330 e. The molecule has 0 fully saturated rings. The molecule has 2 heteroatoms. The first kappa shape index (κ1) is 15.2. The second kappa shape index (κ2) is 6.33. The van der Waals surface area contributed by atoms with Gasteiger partial charge in [-0.25, -0.2) is 4.39 Å². The molecule has 0 saturated carbocycles. The number of benzene rings is 1. The van der Waals surface area contributed by atoms with E-state index in [-0.39, 0.29) is 11.2 Å². The Morgan fingerprint density at radius 1 is 1.22 bits per heavy atom. The molecule has 0 bridgehead atoms. The van der Waals surface area contributed by atoms with Gasteiger partial charge in [-0.05, 0) is 47.9 Å². The molecule has 2 unspecified atom stereocenters. The van der Waals surface area contributed by atoms with Crippen molar-refractivity contribution in [1.82, 2.24) is 0 Å². The normalized spacial score (nSPS) is 15.4. The molecule has 1 aromatic rings. The molecule has 0 aliphatic heterocycles. The Morgan fingerprint density at radius 3 is 2.22 bits per heavy atom. The van der Waals surface area contributed by atoms with Gasteiger partial charge in [0.15, 0.2) is 0 Å². The minimum absolute atomic E-state index is 0.166. The third kappa shape index (κ3) is 3.81. The van der Waals surface area contributed by atoms with E-state index in [2.05, 4.69) is 27.7 Å². The van der Waals surface area contributed by atoms with Gasteiger partial charge in [0.25, 0.3) is 0 Å². The van der Waals surface area contributed by atoms with E-state index < -0.39 is 0 Å². The first-order valence-electron chi connectivity index (χ1n) is 6.86. The number of hydrogen-bond acceptors (Lipinski definition) is 1. The summed E-state index contributed by atoms with van der Waals surface area (Å²) in [5.74, 6) is 0.879. The van der Waals surface area contributed by atoms with Crippen molar-refractivity contribution < 1.29 is 4.39 Å². The van der Waals surface area contributed by atoms with Crippen LogP contribution in [-0.2, 0) is 0 Å². The maximum absolute atomic E-state index is 12.9. The van der Waals surface area contributed by atoms with Gasteiger partial charge in [0.05, 0.1) is 0 Å². The maximum atomic E-state index is 12.9. The molecular weight excluding hydrogens is 225 g/mol. The van der Waals surface area contributed by atoms with Crippen LogP contribution in [0.2, 0.25) is 0 Å². The van der Waals surface area contributed by atoms with E-state index in [1.54, 1.807) is 12.1 Å². The van der Waals surface area contributed by atoms with E-state index in [0.29, 0.717) is 18.4 Å². The molecule has 2 N–H and O–H groups in total. The van der Waals surface area contributed by atoms with Crippen LogP contribution in [0.4, 0.5) is 4.39 Å². The standard InChI is InChI=1S/C16H26FN/c1-5-14(16(3,4)11-18)10-12(2)13-6-8-15(17)9-7-13/h6-9,12,14H,5,10-11,18H2,1-4H3. The van der Waals surface area contributed by atoms with E-state index in [0.717, 1.165) is 12.8 Å². The third-order valence-electron chi connectivity index (χ3n) is 4.20. The zero-order chi connectivity index (χ0) is 13.8. The van der Waals surface area contributed by atoms with Crippen LogP contribution in [0.5, 0.6) is 0 Å². The van der Waals surface area contributed by atoms with Crippen molar-refractivity contribution in [2.24, 2.45) is 17.1 Å². The van der Waals surface area contributed by atoms with E-state index >= 15 is 0 Å². The molecule has 1 nitrogen and oxygen atoms in total. The fraction of sp³-hybridized carbons (Fsp3) is 0.625. The molecule has 0 aromatic heterocycles. The van der Waals surface area contributed by atoms with Crippen molar-refractivity contribution in [2.45, 2.75) is 46.5 Å². The molecule has 2 atom stereocenters. The van der Waals surface area contributed by atoms with Gasteiger partial charge in [-0.1, -0.05) is 46.2 Å². The summed E-state index contributed by atoms with van der Waals surface area (Å²) in [7, 11) is 0. The van der Waals surface area contributed by atoms with Crippen LogP contribution in [0, 0.1) is 17.2 Å². The summed E-state index contributed by atoms with van der Waals surface area (Å²) >= 11 is 0. The maximum Gasteiger partial charge on any atom is 0.123 e. The topological polar surface area (TPSA) is 26.0 Å². The predicted octanol–water partition coefficient (Wildman–Crippen LogP) is 4.33. The summed E-state index contributed by atoms with van der Waals surface area (Å²) < 4.78 is 12.9. The summed E-state index contributed by atoms with van der Waals surface area (Å²) in [4.78, 5) is 0. The highest BCUT2D eigenvalue weighted by Crippen LogP contribution is 2.36. The molecule has 0 radical (unpaired) electrons. The van der Waals surface area contributed by atoms with Crippen LogP contribution in [-0.4, -0.2) is 6.54 Å². The Kier molecular flexibility index (Phi) is 5.33. The highest BCUT2D eigenvalue weighted by atomic mass is 19.1. The Labute approximate surface area is 111 Å². The summed E-state index contributed by atoms with van der Waals surface area (Å²) in [6, 6.07) is 6.87. The van der Waals surface area contributed by atoms with Crippen molar-refractivity contribution in [3.8, 4) is 0 Å². The van der Waals surface area contributed by atoms with Crippen LogP contribution >= 0.6 is 0 Å². The lowest BCUT2D eigenvalue weighted by Gasteiger charge is -2.34. The summed E-state index contributed by atoms with van der Waals surface area (Å²) in [5.41, 5.74) is 7.25. The molecule has 0 aliphatic rings. The van der Waals surface area contributed by atoms with Gasteiger partial charge in [0.1, 0.15) is 5.82 Å². The van der Waals surface area contributed by atoms with Gasteiger partial charge in [-0.2, -0.15) is 0 Å². The van der Waals surface area contributed by atoms with Gasteiger partial charge in [0, 0.05) is 0 Å². The average molecular weight is 251 g/mol. The smallest absolute Gasteiger partial charge is 0.123 e. The van der Waals surface area contributed by atoms with E-state index in [9.17, 15) is 4.39 Å². The Balaban J connectivity index is 2.73. The van der Waals surface area contributed by atoms with Crippen LogP contribution in [0.15, 0.2) is 24.3 Å². The number of halogens is 1. The highest BCUT2D eigenvalue weighted by molar-refractivity contribution is 5.19. The monoisotopic (exact) mass is 251 g/mol. The van der Waals surface area contributed by atoms with Crippen molar-refractivity contribution in [3.05, 3.63) is 35.6 Å². The van der Waals surface area contributed by atoms with Crippen LogP contribution in [0.3, 0.4) is 0 Å². The molecule has 0 amide bonds. The first-order valence-corrected chi connectivity index (χ1v) is 6.86. The molecule has 0 aliphatic carbocycles. The van der Waals surface area contributed by atoms with Crippen molar-refractivity contribution in [1.29, 1.82) is 0 Å². The van der Waals surface area contributed by atoms with Gasteiger partial charge >= 0.3 is 0 Å². The second-order valence-electron chi connectivity index (χ2n) is 5.99. The molecule has 0 heterocycles. The van der Waals surface area contributed by atoms with Crippen molar-refractivity contribution in [2.75, 3.05) is 6.54 Å². The average Bonchev–Trinajstić information content (AvgIpc) is 2.36. The number of hydrogen-bond donors (Lipinski definition) is 1. The largest absolute Gasteiger partial charge is 0.330 e. The van der Waals surface area contributed by atoms with Crippen molar-refractivity contribution >= 4 is 0 Å². The molecule has 0 spiro atoms. The molecular formula is C16H26FN. The fourth-order valence-corrected chi connectivity index (χ4v) is 2.56. The van der Waals surface area contributed by atoms with E-state index in [1.165, 1.54) is 5.56 Å². The second-order valence-corrected chi connectivity index (χ2v) is 5.99. The zero-order valence-corrected chi connectivity index (χ0v) is 12.0. The molecule has 0 saturated heterocycles. The Morgan fingerprint density at radius 2 is 1.78 bits per heavy atom. The number of rotatable bonds is 6. The summed E-state index contributed by atoms with van der Waals surface area (Å²) in [5, 5.41) is 0. The van der Waals surface area contributed by atoms with Gasteiger partial charge in [-0.15, -0.1) is 0 Å². The van der Waals surface area contributed by atoms with Crippen molar-refractivity contribution in [3.63, 3.8) is 0 Å². The van der Waals surface area contributed by atoms with Crippen LogP contribution in [0.25, 0.3) is 0 Å². The molecule has 1 rings (SSSR count). The number of nitrogens with two attached hydrogens (primary N) is 1. The molecule has 1 aromatic carbocycles. The summed E-state index contributed by atoms with van der Waals surface area (Å²) in [6.07, 6.45) is 2.24. The summed E-state index contributed by atoms with van der Waals surface area (Å²) in [6.45, 7) is 9.61. The molecule has 102 valence electrons. The van der Waals surface area contributed by atoms with Gasteiger partial charge < -0.3 is 5.73 Å². The fourth-order valence-electron chi connectivity index (χ4n) is 2.56. The predicted molar refractivity (Wildman–Crippen MR) is 76.0 cm³/mol. The third-order valence-corrected chi connectivity index (χ3v) is 4.20. The van der Waals surface area contributed by atoms with Gasteiger partial charge in [-0.3, -0.25) is 0 Å². The van der Waals surface area contributed by atoms with Crippen LogP contribution in [0.1, 0.15) is 52.0 Å². The SMILES string of the molecule is CCC(CC(C)c1ccc(F)cc1)C(C)(C)CN. The van der Waals surface area contributed by atoms with E-state index in [4.69, 9.17) is 5.73 Å². The Bertz CT molecular complexity index is 356.